The molecule has 0 amide bonds. The molecule has 0 spiro atoms. The van der Waals surface area contributed by atoms with Gasteiger partial charge in [0.05, 0.1) is 11.6 Å². The molecular formula is C9H6ClFOS. The van der Waals surface area contributed by atoms with E-state index < -0.39 is 0 Å². The van der Waals surface area contributed by atoms with Crippen LogP contribution in [0, 0.1) is 5.82 Å². The third kappa shape index (κ3) is 1.43. The van der Waals surface area contributed by atoms with E-state index in [2.05, 4.69) is 0 Å². The average Bonchev–Trinajstić information content (AvgIpc) is 2.47. The average molecular weight is 217 g/mol. The largest absolute Gasteiger partial charge is 0.392 e. The molecule has 0 aliphatic rings. The van der Waals surface area contributed by atoms with Crippen LogP contribution in [0.4, 0.5) is 4.39 Å². The van der Waals surface area contributed by atoms with Crippen molar-refractivity contribution in [2.75, 3.05) is 0 Å². The van der Waals surface area contributed by atoms with Gasteiger partial charge in [-0.3, -0.25) is 0 Å². The molecule has 68 valence electrons. The first kappa shape index (κ1) is 8.94. The standard InChI is InChI=1S/C9H6ClFOS/c10-8-4-13-9-5(3-12)1-6(11)2-7(8)9/h1-2,4,12H,3H2. The monoisotopic (exact) mass is 216 g/mol. The van der Waals surface area contributed by atoms with Crippen molar-refractivity contribution in [1.29, 1.82) is 0 Å². The fourth-order valence-electron chi connectivity index (χ4n) is 1.26. The highest BCUT2D eigenvalue weighted by atomic mass is 35.5. The Bertz CT molecular complexity index is 452. The lowest BCUT2D eigenvalue weighted by Gasteiger charge is -1.98. The van der Waals surface area contributed by atoms with Gasteiger partial charge < -0.3 is 5.11 Å². The van der Waals surface area contributed by atoms with Gasteiger partial charge in [0.15, 0.2) is 0 Å². The van der Waals surface area contributed by atoms with E-state index in [-0.39, 0.29) is 12.4 Å². The molecule has 0 radical (unpaired) electrons. The van der Waals surface area contributed by atoms with Crippen LogP contribution in [0.3, 0.4) is 0 Å². The maximum atomic E-state index is 13.0. The van der Waals surface area contributed by atoms with Crippen LogP contribution in [0.2, 0.25) is 5.02 Å². The van der Waals surface area contributed by atoms with Gasteiger partial charge in [0.25, 0.3) is 0 Å². The van der Waals surface area contributed by atoms with Crippen LogP contribution in [0.5, 0.6) is 0 Å². The summed E-state index contributed by atoms with van der Waals surface area (Å²) in [6.45, 7) is -0.162. The highest BCUT2D eigenvalue weighted by Gasteiger charge is 2.08. The molecule has 2 rings (SSSR count). The Hall–Kier alpha value is -0.640. The number of fused-ring (bicyclic) bond motifs is 1. The Morgan fingerprint density at radius 3 is 2.92 bits per heavy atom. The lowest BCUT2D eigenvalue weighted by atomic mass is 10.2. The minimum absolute atomic E-state index is 0.162. The van der Waals surface area contributed by atoms with Gasteiger partial charge in [0.1, 0.15) is 5.82 Å². The summed E-state index contributed by atoms with van der Waals surface area (Å²) in [5.74, 6) is -0.364. The smallest absolute Gasteiger partial charge is 0.124 e. The van der Waals surface area contributed by atoms with Gasteiger partial charge in [0, 0.05) is 15.5 Å². The van der Waals surface area contributed by atoms with Crippen LogP contribution in [0.1, 0.15) is 5.56 Å². The molecule has 2 aromatic rings. The van der Waals surface area contributed by atoms with Crippen molar-refractivity contribution >= 4 is 33.0 Å². The number of hydrogen-bond acceptors (Lipinski definition) is 2. The molecule has 0 atom stereocenters. The van der Waals surface area contributed by atoms with Gasteiger partial charge in [-0.15, -0.1) is 11.3 Å². The number of halogens is 2. The number of hydrogen-bond donors (Lipinski definition) is 1. The van der Waals surface area contributed by atoms with Gasteiger partial charge in [-0.2, -0.15) is 0 Å². The number of benzene rings is 1. The SMILES string of the molecule is OCc1cc(F)cc2c(Cl)csc12. The molecule has 4 heteroatoms. The van der Waals surface area contributed by atoms with E-state index in [0.717, 1.165) is 4.70 Å². The van der Waals surface area contributed by atoms with Crippen molar-refractivity contribution < 1.29 is 9.50 Å². The predicted octanol–water partition coefficient (Wildman–Crippen LogP) is 3.19. The first-order chi connectivity index (χ1) is 6.22. The maximum Gasteiger partial charge on any atom is 0.124 e. The zero-order valence-electron chi connectivity index (χ0n) is 6.55. The molecule has 1 nitrogen and oxygen atoms in total. The van der Waals surface area contributed by atoms with E-state index in [0.29, 0.717) is 16.0 Å². The van der Waals surface area contributed by atoms with Gasteiger partial charge >= 0.3 is 0 Å². The number of rotatable bonds is 1. The van der Waals surface area contributed by atoms with E-state index in [1.165, 1.54) is 23.5 Å². The van der Waals surface area contributed by atoms with E-state index in [4.69, 9.17) is 16.7 Å². The summed E-state index contributed by atoms with van der Waals surface area (Å²) in [4.78, 5) is 0. The summed E-state index contributed by atoms with van der Waals surface area (Å²) in [5, 5.41) is 11.9. The quantitative estimate of drug-likeness (QED) is 0.776. The Morgan fingerprint density at radius 2 is 2.23 bits per heavy atom. The van der Waals surface area contributed by atoms with Crippen LogP contribution in [-0.2, 0) is 6.61 Å². The maximum absolute atomic E-state index is 13.0. The van der Waals surface area contributed by atoms with E-state index >= 15 is 0 Å². The first-order valence-electron chi connectivity index (χ1n) is 3.68. The van der Waals surface area contributed by atoms with Crippen molar-refractivity contribution in [3.8, 4) is 0 Å². The highest BCUT2D eigenvalue weighted by Crippen LogP contribution is 2.33. The lowest BCUT2D eigenvalue weighted by Crippen LogP contribution is -1.85. The second-order valence-corrected chi connectivity index (χ2v) is 3.97. The molecule has 1 N–H and O–H groups in total. The normalized spacial score (nSPS) is 11.0. The van der Waals surface area contributed by atoms with Gasteiger partial charge in [0.2, 0.25) is 0 Å². The van der Waals surface area contributed by atoms with Crippen molar-refractivity contribution in [3.63, 3.8) is 0 Å². The zero-order valence-corrected chi connectivity index (χ0v) is 8.12. The van der Waals surface area contributed by atoms with Gasteiger partial charge in [-0.25, -0.2) is 4.39 Å². The highest BCUT2D eigenvalue weighted by molar-refractivity contribution is 7.18. The third-order valence-corrected chi connectivity index (χ3v) is 3.35. The fraction of sp³-hybridized carbons (Fsp3) is 0.111. The van der Waals surface area contributed by atoms with Crippen molar-refractivity contribution in [1.82, 2.24) is 0 Å². The van der Waals surface area contributed by atoms with Crippen LogP contribution in [0.25, 0.3) is 10.1 Å². The zero-order chi connectivity index (χ0) is 9.42. The second kappa shape index (κ2) is 3.25. The van der Waals surface area contributed by atoms with E-state index in [1.54, 1.807) is 5.38 Å². The molecule has 1 aromatic carbocycles. The number of thiophene rings is 1. The summed E-state index contributed by atoms with van der Waals surface area (Å²) in [6, 6.07) is 2.71. The predicted molar refractivity (Wildman–Crippen MR) is 52.7 cm³/mol. The second-order valence-electron chi connectivity index (χ2n) is 2.68. The van der Waals surface area contributed by atoms with Crippen molar-refractivity contribution in [2.45, 2.75) is 6.61 Å². The summed E-state index contributed by atoms with van der Waals surface area (Å²) < 4.78 is 13.8. The Labute approximate surface area is 83.4 Å². The summed E-state index contributed by atoms with van der Waals surface area (Å²) in [6.07, 6.45) is 0. The van der Waals surface area contributed by atoms with Crippen LogP contribution < -0.4 is 0 Å². The molecule has 0 saturated heterocycles. The number of aliphatic hydroxyl groups excluding tert-OH is 1. The van der Waals surface area contributed by atoms with Crippen molar-refractivity contribution in [3.05, 3.63) is 33.9 Å². The molecule has 0 fully saturated rings. The summed E-state index contributed by atoms with van der Waals surface area (Å²) >= 11 is 7.25. The molecular weight excluding hydrogens is 211 g/mol. The van der Waals surface area contributed by atoms with Gasteiger partial charge in [-0.05, 0) is 17.7 Å². The van der Waals surface area contributed by atoms with E-state index in [9.17, 15) is 4.39 Å². The molecule has 1 aromatic heterocycles. The van der Waals surface area contributed by atoms with Crippen molar-refractivity contribution in [2.24, 2.45) is 0 Å². The summed E-state index contributed by atoms with van der Waals surface area (Å²) in [7, 11) is 0. The molecule has 0 unspecified atom stereocenters. The van der Waals surface area contributed by atoms with Crippen LogP contribution >= 0.6 is 22.9 Å². The van der Waals surface area contributed by atoms with Crippen LogP contribution in [0.15, 0.2) is 17.5 Å². The van der Waals surface area contributed by atoms with Gasteiger partial charge in [-0.1, -0.05) is 11.6 Å². The summed E-state index contributed by atoms with van der Waals surface area (Å²) in [5.41, 5.74) is 0.590. The first-order valence-corrected chi connectivity index (χ1v) is 4.94. The molecule has 1 heterocycles. The fourth-order valence-corrected chi connectivity index (χ4v) is 2.52. The number of aliphatic hydroxyl groups is 1. The van der Waals surface area contributed by atoms with Crippen LogP contribution in [-0.4, -0.2) is 5.11 Å². The molecule has 0 aliphatic carbocycles. The Balaban J connectivity index is 2.84. The lowest BCUT2D eigenvalue weighted by molar-refractivity contribution is 0.283. The topological polar surface area (TPSA) is 20.2 Å². The Morgan fingerprint density at radius 1 is 1.46 bits per heavy atom. The third-order valence-electron chi connectivity index (χ3n) is 1.84. The molecule has 0 aliphatic heterocycles. The molecule has 0 bridgehead atoms. The minimum Gasteiger partial charge on any atom is -0.392 e. The molecule has 0 saturated carbocycles. The minimum atomic E-state index is -0.364. The molecule has 13 heavy (non-hydrogen) atoms. The Kier molecular flexibility index (Phi) is 2.24. The van der Waals surface area contributed by atoms with E-state index in [1.807, 2.05) is 0 Å².